The van der Waals surface area contributed by atoms with Crippen LogP contribution in [-0.4, -0.2) is 20.5 Å². The van der Waals surface area contributed by atoms with Crippen LogP contribution in [0.3, 0.4) is 0 Å². The summed E-state index contributed by atoms with van der Waals surface area (Å²) in [5.41, 5.74) is 5.23. The molecule has 0 aliphatic heterocycles. The highest BCUT2D eigenvalue weighted by molar-refractivity contribution is 9.10. The summed E-state index contributed by atoms with van der Waals surface area (Å²) in [4.78, 5) is 0.0864. The van der Waals surface area contributed by atoms with Gasteiger partial charge in [-0.2, -0.15) is 0 Å². The molecule has 20 heavy (non-hydrogen) atoms. The van der Waals surface area contributed by atoms with Gasteiger partial charge in [-0.3, -0.25) is 0 Å². The van der Waals surface area contributed by atoms with Crippen molar-refractivity contribution in [1.82, 2.24) is 4.72 Å². The van der Waals surface area contributed by atoms with E-state index in [1.165, 1.54) is 6.07 Å². The van der Waals surface area contributed by atoms with Crippen LogP contribution in [0.2, 0.25) is 5.02 Å². The van der Waals surface area contributed by atoms with Gasteiger partial charge < -0.3 is 5.73 Å². The van der Waals surface area contributed by atoms with Crippen LogP contribution in [-0.2, 0) is 10.0 Å². The van der Waals surface area contributed by atoms with Crippen molar-refractivity contribution in [3.63, 3.8) is 0 Å². The minimum Gasteiger partial charge on any atom is -0.329 e. The molecule has 0 amide bonds. The molecular formula is C12H17BrCl2N2O2S. The van der Waals surface area contributed by atoms with Gasteiger partial charge in [0.2, 0.25) is 10.0 Å². The third-order valence-corrected chi connectivity index (χ3v) is 6.54. The topological polar surface area (TPSA) is 72.2 Å². The summed E-state index contributed by atoms with van der Waals surface area (Å²) in [6.45, 7) is 0.303. The van der Waals surface area contributed by atoms with Crippen LogP contribution in [0.25, 0.3) is 0 Å². The average molecular weight is 404 g/mol. The van der Waals surface area contributed by atoms with Gasteiger partial charge in [-0.15, -0.1) is 12.4 Å². The maximum Gasteiger partial charge on any atom is 0.242 e. The van der Waals surface area contributed by atoms with E-state index in [1.807, 2.05) is 0 Å². The van der Waals surface area contributed by atoms with E-state index in [2.05, 4.69) is 20.7 Å². The number of hydrogen-bond acceptors (Lipinski definition) is 3. The molecule has 0 spiro atoms. The molecule has 0 aromatic heterocycles. The molecule has 0 unspecified atom stereocenters. The first-order chi connectivity index (χ1) is 8.90. The summed E-state index contributed by atoms with van der Waals surface area (Å²) < 4.78 is 28.2. The zero-order valence-corrected chi connectivity index (χ0v) is 14.7. The van der Waals surface area contributed by atoms with Gasteiger partial charge in [0.1, 0.15) is 4.90 Å². The number of benzene rings is 1. The first kappa shape index (κ1) is 18.2. The Labute approximate surface area is 139 Å². The van der Waals surface area contributed by atoms with E-state index < -0.39 is 15.6 Å². The van der Waals surface area contributed by atoms with Crippen LogP contribution in [0.15, 0.2) is 27.6 Å². The molecule has 3 N–H and O–H groups in total. The van der Waals surface area contributed by atoms with E-state index in [-0.39, 0.29) is 22.3 Å². The molecule has 1 aliphatic carbocycles. The predicted octanol–water partition coefficient (Wildman–Crippen LogP) is 3.07. The Morgan fingerprint density at radius 2 is 1.95 bits per heavy atom. The third kappa shape index (κ3) is 3.67. The van der Waals surface area contributed by atoms with E-state index in [4.69, 9.17) is 17.3 Å². The predicted molar refractivity (Wildman–Crippen MR) is 87.0 cm³/mol. The van der Waals surface area contributed by atoms with Crippen LogP contribution < -0.4 is 10.5 Å². The summed E-state index contributed by atoms with van der Waals surface area (Å²) in [6.07, 6.45) is 3.53. The highest BCUT2D eigenvalue weighted by atomic mass is 79.9. The van der Waals surface area contributed by atoms with E-state index in [9.17, 15) is 8.42 Å². The molecule has 1 fully saturated rings. The Balaban J connectivity index is 0.00000200. The fourth-order valence-electron chi connectivity index (χ4n) is 2.43. The quantitative estimate of drug-likeness (QED) is 0.811. The first-order valence-electron chi connectivity index (χ1n) is 6.08. The summed E-state index contributed by atoms with van der Waals surface area (Å²) in [5, 5.41) is 0.195. The summed E-state index contributed by atoms with van der Waals surface area (Å²) in [6, 6.07) is 4.85. The number of rotatable bonds is 4. The summed E-state index contributed by atoms with van der Waals surface area (Å²) >= 11 is 9.29. The van der Waals surface area contributed by atoms with Crippen molar-refractivity contribution in [2.45, 2.75) is 36.1 Å². The minimum atomic E-state index is -3.66. The molecule has 0 radical (unpaired) electrons. The second-order valence-corrected chi connectivity index (χ2v) is 7.73. The van der Waals surface area contributed by atoms with Crippen molar-refractivity contribution in [2.75, 3.05) is 6.54 Å². The van der Waals surface area contributed by atoms with Gasteiger partial charge >= 0.3 is 0 Å². The van der Waals surface area contributed by atoms with E-state index in [0.29, 0.717) is 11.0 Å². The monoisotopic (exact) mass is 402 g/mol. The van der Waals surface area contributed by atoms with Crippen molar-refractivity contribution in [1.29, 1.82) is 0 Å². The molecule has 1 aromatic carbocycles. The van der Waals surface area contributed by atoms with Gasteiger partial charge in [0.25, 0.3) is 0 Å². The maximum absolute atomic E-state index is 12.5. The summed E-state index contributed by atoms with van der Waals surface area (Å²) in [7, 11) is -3.66. The van der Waals surface area contributed by atoms with Gasteiger partial charge in [-0.25, -0.2) is 13.1 Å². The highest BCUT2D eigenvalue weighted by Crippen LogP contribution is 2.33. The molecule has 1 aromatic rings. The molecule has 1 saturated carbocycles. The van der Waals surface area contributed by atoms with Gasteiger partial charge in [0.05, 0.1) is 5.02 Å². The van der Waals surface area contributed by atoms with Crippen molar-refractivity contribution < 1.29 is 8.42 Å². The third-order valence-electron chi connectivity index (χ3n) is 3.51. The Morgan fingerprint density at radius 3 is 2.50 bits per heavy atom. The molecule has 0 saturated heterocycles. The minimum absolute atomic E-state index is 0. The maximum atomic E-state index is 12.5. The number of hydrogen-bond donors (Lipinski definition) is 2. The van der Waals surface area contributed by atoms with Crippen LogP contribution in [0, 0.1) is 0 Å². The lowest BCUT2D eigenvalue weighted by molar-refractivity contribution is 0.399. The lowest BCUT2D eigenvalue weighted by Crippen LogP contribution is -2.51. The second kappa shape index (κ2) is 6.94. The zero-order chi connectivity index (χ0) is 14.1. The molecule has 0 heterocycles. The largest absolute Gasteiger partial charge is 0.329 e. The Hall–Kier alpha value is 0.150. The smallest absolute Gasteiger partial charge is 0.242 e. The van der Waals surface area contributed by atoms with Crippen molar-refractivity contribution in [3.05, 3.63) is 27.7 Å². The second-order valence-electron chi connectivity index (χ2n) is 4.85. The number of nitrogens with one attached hydrogen (secondary N) is 1. The van der Waals surface area contributed by atoms with Crippen molar-refractivity contribution in [2.24, 2.45) is 5.73 Å². The summed E-state index contributed by atoms with van der Waals surface area (Å²) in [5.74, 6) is 0. The van der Waals surface area contributed by atoms with Crippen molar-refractivity contribution in [3.8, 4) is 0 Å². The lowest BCUT2D eigenvalue weighted by atomic mass is 10.0. The number of halogens is 3. The van der Waals surface area contributed by atoms with Crippen molar-refractivity contribution >= 4 is 50.0 Å². The van der Waals surface area contributed by atoms with E-state index in [1.54, 1.807) is 12.1 Å². The SMILES string of the molecule is Cl.NCC1(NS(=O)(=O)c2cccc(Br)c2Cl)CCCC1. The van der Waals surface area contributed by atoms with Gasteiger partial charge in [-0.1, -0.05) is 30.5 Å². The number of sulfonamides is 1. The number of nitrogens with two attached hydrogens (primary N) is 1. The Kier molecular flexibility index (Phi) is 6.32. The molecule has 114 valence electrons. The van der Waals surface area contributed by atoms with Crippen LogP contribution >= 0.6 is 39.9 Å². The molecule has 0 bridgehead atoms. The normalized spacial score (nSPS) is 17.8. The fraction of sp³-hybridized carbons (Fsp3) is 0.500. The molecule has 1 aliphatic rings. The Bertz CT molecular complexity index is 575. The fourth-order valence-corrected chi connectivity index (χ4v) is 4.93. The van der Waals surface area contributed by atoms with E-state index >= 15 is 0 Å². The highest BCUT2D eigenvalue weighted by Gasteiger charge is 2.37. The van der Waals surface area contributed by atoms with E-state index in [0.717, 1.165) is 25.7 Å². The molecule has 8 heteroatoms. The molecule has 2 rings (SSSR count). The molecule has 0 atom stereocenters. The molecular weight excluding hydrogens is 387 g/mol. The van der Waals surface area contributed by atoms with Crippen LogP contribution in [0.5, 0.6) is 0 Å². The average Bonchev–Trinajstić information content (AvgIpc) is 2.81. The Morgan fingerprint density at radius 1 is 1.35 bits per heavy atom. The van der Waals surface area contributed by atoms with Gasteiger partial charge in [0.15, 0.2) is 0 Å². The first-order valence-corrected chi connectivity index (χ1v) is 8.74. The standard InChI is InChI=1S/C12H16BrClN2O2S.ClH/c13-9-4-3-5-10(11(9)14)19(17,18)16-12(8-15)6-1-2-7-12;/h3-5,16H,1-2,6-8,15H2;1H. The van der Waals surface area contributed by atoms with Gasteiger partial charge in [-0.05, 0) is 40.9 Å². The zero-order valence-electron chi connectivity index (χ0n) is 10.7. The lowest BCUT2D eigenvalue weighted by Gasteiger charge is -2.28. The van der Waals surface area contributed by atoms with Gasteiger partial charge in [0, 0.05) is 16.6 Å². The van der Waals surface area contributed by atoms with Crippen LogP contribution in [0.1, 0.15) is 25.7 Å². The molecule has 4 nitrogen and oxygen atoms in total. The van der Waals surface area contributed by atoms with Crippen LogP contribution in [0.4, 0.5) is 0 Å².